The maximum Gasteiger partial charge on any atom is 0.305 e. The molecule has 2 unspecified atom stereocenters. The molecule has 0 aromatic rings. The first-order chi connectivity index (χ1) is 48.0. The number of hydrogen-bond donors (Lipinski definition) is 3. The fraction of sp³-hybridized carbons (Fsp3) is 0.934. The van der Waals surface area contributed by atoms with Gasteiger partial charge in [-0.25, -0.2) is 0 Å². The lowest BCUT2D eigenvalue weighted by molar-refractivity contribution is -0.143. The van der Waals surface area contributed by atoms with Crippen molar-refractivity contribution in [1.82, 2.24) is 5.32 Å². The summed E-state index contributed by atoms with van der Waals surface area (Å²) in [5, 5.41) is 23.5. The molecule has 0 spiro atoms. The van der Waals surface area contributed by atoms with E-state index in [9.17, 15) is 19.8 Å². The van der Waals surface area contributed by atoms with Gasteiger partial charge in [0.25, 0.3) is 0 Å². The van der Waals surface area contributed by atoms with Gasteiger partial charge in [0.05, 0.1) is 25.4 Å². The van der Waals surface area contributed by atoms with Crippen LogP contribution in [0.1, 0.15) is 521 Å². The Morgan fingerprint density at radius 3 is 0.732 bits per heavy atom. The van der Waals surface area contributed by atoms with Crippen molar-refractivity contribution in [2.45, 2.75) is 533 Å². The second-order valence-corrected chi connectivity index (χ2v) is 31.3. The van der Waals surface area contributed by atoms with Gasteiger partial charge >= 0.3 is 5.97 Å². The fourth-order valence-electron chi connectivity index (χ4n) is 14.6. The summed E-state index contributed by atoms with van der Waals surface area (Å²) >= 11 is 0. The molecule has 0 saturated carbocycles. The molecule has 0 aliphatic rings. The molecule has 2 atom stereocenters. The molecule has 6 nitrogen and oxygen atoms in total. The van der Waals surface area contributed by atoms with Crippen LogP contribution in [0.4, 0.5) is 0 Å². The van der Waals surface area contributed by atoms with E-state index in [1.54, 1.807) is 0 Å². The van der Waals surface area contributed by atoms with Crippen LogP contribution in [0.25, 0.3) is 0 Å². The van der Waals surface area contributed by atoms with Crippen molar-refractivity contribution in [1.29, 1.82) is 0 Å². The van der Waals surface area contributed by atoms with Gasteiger partial charge in [-0.1, -0.05) is 456 Å². The summed E-state index contributed by atoms with van der Waals surface area (Å²) in [7, 11) is 0. The predicted molar refractivity (Wildman–Crippen MR) is 430 cm³/mol. The van der Waals surface area contributed by atoms with Gasteiger partial charge in [-0.2, -0.15) is 0 Å². The molecular formula is C91H177NO5. The molecule has 0 rings (SSSR count). The summed E-state index contributed by atoms with van der Waals surface area (Å²) in [5.74, 6) is -0.00205. The molecule has 0 aromatic heterocycles. The highest BCUT2D eigenvalue weighted by molar-refractivity contribution is 5.76. The molecule has 0 aliphatic carbocycles. The zero-order chi connectivity index (χ0) is 69.8. The van der Waals surface area contributed by atoms with E-state index in [1.807, 2.05) is 0 Å². The Morgan fingerprint density at radius 1 is 0.278 bits per heavy atom. The number of nitrogens with one attached hydrogen (secondary N) is 1. The normalized spacial score (nSPS) is 12.5. The number of ether oxygens (including phenoxy) is 1. The second kappa shape index (κ2) is 86.7. The van der Waals surface area contributed by atoms with Crippen LogP contribution in [0.5, 0.6) is 0 Å². The Labute approximate surface area is 609 Å². The van der Waals surface area contributed by atoms with Crippen molar-refractivity contribution in [3.8, 4) is 0 Å². The maximum atomic E-state index is 12.6. The zero-order valence-electron chi connectivity index (χ0n) is 66.4. The van der Waals surface area contributed by atoms with Crippen LogP contribution in [-0.4, -0.2) is 47.4 Å². The Balaban J connectivity index is 3.33. The summed E-state index contributed by atoms with van der Waals surface area (Å²) in [6, 6.07) is -0.540. The maximum absolute atomic E-state index is 12.6. The minimum atomic E-state index is -0.663. The van der Waals surface area contributed by atoms with E-state index in [0.717, 1.165) is 38.5 Å². The van der Waals surface area contributed by atoms with Gasteiger partial charge in [-0.3, -0.25) is 9.59 Å². The number of allylic oxidation sites excluding steroid dienone is 4. The molecule has 0 aromatic carbocycles. The molecule has 0 bridgehead atoms. The van der Waals surface area contributed by atoms with Gasteiger partial charge < -0.3 is 20.3 Å². The first kappa shape index (κ1) is 95.3. The Kier molecular flexibility index (Phi) is 85.3. The Morgan fingerprint density at radius 2 is 0.485 bits per heavy atom. The first-order valence-electron chi connectivity index (χ1n) is 45.1. The van der Waals surface area contributed by atoms with Crippen LogP contribution in [-0.2, 0) is 14.3 Å². The lowest BCUT2D eigenvalue weighted by atomic mass is 10.0. The van der Waals surface area contributed by atoms with Crippen molar-refractivity contribution in [3.63, 3.8) is 0 Å². The summed E-state index contributed by atoms with van der Waals surface area (Å²) in [6.45, 7) is 5.02. The van der Waals surface area contributed by atoms with E-state index in [1.165, 1.54) is 449 Å². The number of aliphatic hydroxyl groups excluding tert-OH is 2. The van der Waals surface area contributed by atoms with E-state index in [4.69, 9.17) is 4.74 Å². The molecule has 0 aliphatic heterocycles. The van der Waals surface area contributed by atoms with Crippen LogP contribution in [0.2, 0.25) is 0 Å². The van der Waals surface area contributed by atoms with Crippen molar-refractivity contribution in [3.05, 3.63) is 24.3 Å². The molecule has 97 heavy (non-hydrogen) atoms. The van der Waals surface area contributed by atoms with Crippen LogP contribution in [0.3, 0.4) is 0 Å². The van der Waals surface area contributed by atoms with E-state index < -0.39 is 12.1 Å². The van der Waals surface area contributed by atoms with Crippen LogP contribution in [0.15, 0.2) is 24.3 Å². The quantitative estimate of drug-likeness (QED) is 0.0320. The van der Waals surface area contributed by atoms with Crippen molar-refractivity contribution < 1.29 is 24.5 Å². The third-order valence-electron chi connectivity index (χ3n) is 21.5. The highest BCUT2D eigenvalue weighted by Gasteiger charge is 2.20. The number of amides is 1. The van der Waals surface area contributed by atoms with Crippen LogP contribution in [0, 0.1) is 0 Å². The van der Waals surface area contributed by atoms with E-state index >= 15 is 0 Å². The summed E-state index contributed by atoms with van der Waals surface area (Å²) < 4.78 is 5.52. The molecule has 0 radical (unpaired) electrons. The topological polar surface area (TPSA) is 95.9 Å². The van der Waals surface area contributed by atoms with Gasteiger partial charge in [0.15, 0.2) is 0 Å². The second-order valence-electron chi connectivity index (χ2n) is 31.3. The SMILES string of the molecule is CCCCCCCC/C=C\CCCCCCCCCCCC(=O)OCCCCCCCCCCCCCCCCCC/C=C\CCCCCCCCCCCCCCCCCCCC(=O)NC(CO)C(O)CCCCCCCCCCCCCCCCCCCCCCCCCC. The fourth-order valence-corrected chi connectivity index (χ4v) is 14.6. The molecule has 6 heteroatoms. The molecule has 0 saturated heterocycles. The number of esters is 1. The molecule has 576 valence electrons. The average molecular weight is 1370 g/mol. The monoisotopic (exact) mass is 1360 g/mol. The lowest BCUT2D eigenvalue weighted by Crippen LogP contribution is -2.45. The summed E-state index contributed by atoms with van der Waals surface area (Å²) in [4.78, 5) is 24.7. The first-order valence-corrected chi connectivity index (χ1v) is 45.1. The Hall–Kier alpha value is -1.66. The highest BCUT2D eigenvalue weighted by Crippen LogP contribution is 2.21. The smallest absolute Gasteiger partial charge is 0.305 e. The summed E-state index contributed by atoms with van der Waals surface area (Å²) in [6.07, 6.45) is 113. The number of unbranched alkanes of at least 4 members (excludes halogenated alkanes) is 71. The largest absolute Gasteiger partial charge is 0.466 e. The minimum absolute atomic E-state index is 0.0224. The Bertz CT molecular complexity index is 1530. The van der Waals surface area contributed by atoms with E-state index in [0.29, 0.717) is 25.9 Å². The van der Waals surface area contributed by atoms with Gasteiger partial charge in [-0.05, 0) is 77.0 Å². The summed E-state index contributed by atoms with van der Waals surface area (Å²) in [5.41, 5.74) is 0. The molecule has 1 amide bonds. The highest BCUT2D eigenvalue weighted by atomic mass is 16.5. The van der Waals surface area contributed by atoms with Gasteiger partial charge in [0.1, 0.15) is 0 Å². The minimum Gasteiger partial charge on any atom is -0.466 e. The third-order valence-corrected chi connectivity index (χ3v) is 21.5. The van der Waals surface area contributed by atoms with Gasteiger partial charge in [0, 0.05) is 12.8 Å². The lowest BCUT2D eigenvalue weighted by Gasteiger charge is -2.22. The average Bonchev–Trinajstić information content (AvgIpc) is 3.77. The molecule has 0 heterocycles. The van der Waals surface area contributed by atoms with E-state index in [-0.39, 0.29) is 18.5 Å². The van der Waals surface area contributed by atoms with Crippen LogP contribution < -0.4 is 5.32 Å². The molecule has 3 N–H and O–H groups in total. The molecular weight excluding hydrogens is 1190 g/mol. The van der Waals surface area contributed by atoms with Crippen LogP contribution >= 0.6 is 0 Å². The van der Waals surface area contributed by atoms with E-state index in [2.05, 4.69) is 43.5 Å². The van der Waals surface area contributed by atoms with Crippen molar-refractivity contribution in [2.75, 3.05) is 13.2 Å². The molecule has 0 fully saturated rings. The van der Waals surface area contributed by atoms with Gasteiger partial charge in [-0.15, -0.1) is 0 Å². The number of carbonyl (C=O) groups is 2. The predicted octanol–water partition coefficient (Wildman–Crippen LogP) is 30.3. The standard InChI is InChI=1S/C91H177NO5/c1-3-5-7-9-11-13-15-17-19-21-23-24-25-41-44-48-51-55-59-63-67-71-75-79-83-89(94)88(87-93)92-90(95)84-80-76-72-68-64-60-56-52-49-45-42-39-37-35-33-31-29-27-26-28-30-32-34-36-38-40-43-46-50-54-58-62-66-70-74-78-82-86-97-91(96)85-81-77-73-69-65-61-57-53-47-22-20-18-16-14-12-10-8-6-4-2/h18,20,26,28,88-89,93-94H,3-17,19,21-25,27,29-87H2,1-2H3,(H,92,95)/b20-18-,28-26-. The van der Waals surface area contributed by atoms with Crippen molar-refractivity contribution >= 4 is 11.9 Å². The number of carbonyl (C=O) groups excluding carboxylic acids is 2. The number of rotatable bonds is 86. The van der Waals surface area contributed by atoms with Gasteiger partial charge in [0.2, 0.25) is 5.91 Å². The zero-order valence-corrected chi connectivity index (χ0v) is 66.4. The number of hydrogen-bond acceptors (Lipinski definition) is 5. The van der Waals surface area contributed by atoms with Crippen molar-refractivity contribution in [2.24, 2.45) is 0 Å². The third kappa shape index (κ3) is 83.2. The number of aliphatic hydroxyl groups is 2.